The summed E-state index contributed by atoms with van der Waals surface area (Å²) in [4.78, 5) is 0. The summed E-state index contributed by atoms with van der Waals surface area (Å²) in [6.07, 6.45) is 2.91. The third kappa shape index (κ3) is 1.99. The van der Waals surface area contributed by atoms with E-state index in [0.717, 1.165) is 19.3 Å². The third-order valence-corrected chi connectivity index (χ3v) is 4.78. The zero-order valence-electron chi connectivity index (χ0n) is 10.6. The molecule has 100 valence electrons. The van der Waals surface area contributed by atoms with E-state index < -0.39 is 22.7 Å². The summed E-state index contributed by atoms with van der Waals surface area (Å²) in [6, 6.07) is 2.53. The van der Waals surface area contributed by atoms with E-state index in [1.54, 1.807) is 0 Å². The molecule has 0 spiro atoms. The van der Waals surface area contributed by atoms with Crippen molar-refractivity contribution in [1.82, 2.24) is 0 Å². The van der Waals surface area contributed by atoms with Gasteiger partial charge in [-0.3, -0.25) is 0 Å². The lowest BCUT2D eigenvalue weighted by molar-refractivity contribution is -0.108. The minimum atomic E-state index is -1.44. The van der Waals surface area contributed by atoms with Crippen molar-refractivity contribution in [3.63, 3.8) is 0 Å². The van der Waals surface area contributed by atoms with Gasteiger partial charge in [-0.25, -0.2) is 8.78 Å². The monoisotopic (exact) mass is 318 g/mol. The first-order chi connectivity index (χ1) is 8.29. The Morgan fingerprint density at radius 2 is 1.78 bits per heavy atom. The Hall–Kier alpha value is -0.480. The first kappa shape index (κ1) is 13.9. The highest BCUT2D eigenvalue weighted by Crippen LogP contribution is 2.51. The third-order valence-electron chi connectivity index (χ3n) is 4.17. The van der Waals surface area contributed by atoms with Gasteiger partial charge in [0.25, 0.3) is 0 Å². The minimum Gasteiger partial charge on any atom is -0.384 e. The molecular formula is C14H17BrF2O. The van der Waals surface area contributed by atoms with Crippen LogP contribution in [0, 0.1) is 17.0 Å². The highest BCUT2D eigenvalue weighted by molar-refractivity contribution is 9.10. The van der Waals surface area contributed by atoms with Crippen LogP contribution in [-0.2, 0) is 5.60 Å². The molecule has 0 aromatic heterocycles. The lowest BCUT2D eigenvalue weighted by Crippen LogP contribution is -2.45. The van der Waals surface area contributed by atoms with Crippen molar-refractivity contribution in [2.75, 3.05) is 0 Å². The maximum absolute atomic E-state index is 14.2. The molecule has 0 saturated heterocycles. The van der Waals surface area contributed by atoms with Gasteiger partial charge < -0.3 is 5.11 Å². The van der Waals surface area contributed by atoms with Crippen LogP contribution >= 0.6 is 15.9 Å². The highest BCUT2D eigenvalue weighted by atomic mass is 79.9. The largest absolute Gasteiger partial charge is 0.384 e. The minimum absolute atomic E-state index is 0.189. The fraction of sp³-hybridized carbons (Fsp3) is 0.571. The van der Waals surface area contributed by atoms with Crippen LogP contribution < -0.4 is 0 Å². The first-order valence-electron chi connectivity index (χ1n) is 6.16. The van der Waals surface area contributed by atoms with E-state index >= 15 is 0 Å². The molecule has 0 heterocycles. The van der Waals surface area contributed by atoms with Crippen molar-refractivity contribution in [3.8, 4) is 0 Å². The Balaban J connectivity index is 2.63. The summed E-state index contributed by atoms with van der Waals surface area (Å²) in [7, 11) is 0. The van der Waals surface area contributed by atoms with Crippen LogP contribution in [-0.4, -0.2) is 5.11 Å². The van der Waals surface area contributed by atoms with E-state index in [9.17, 15) is 13.9 Å². The predicted molar refractivity (Wildman–Crippen MR) is 70.2 cm³/mol. The van der Waals surface area contributed by atoms with E-state index in [4.69, 9.17) is 0 Å². The second-order valence-electron chi connectivity index (χ2n) is 5.67. The zero-order chi connectivity index (χ0) is 13.6. The molecule has 1 atom stereocenters. The van der Waals surface area contributed by atoms with Crippen molar-refractivity contribution in [3.05, 3.63) is 33.8 Å². The Morgan fingerprint density at radius 1 is 1.17 bits per heavy atom. The lowest BCUT2D eigenvalue weighted by atomic mass is 9.62. The molecule has 2 rings (SSSR count). The van der Waals surface area contributed by atoms with Gasteiger partial charge in [-0.15, -0.1) is 0 Å². The van der Waals surface area contributed by atoms with E-state index in [2.05, 4.69) is 15.9 Å². The smallest absolute Gasteiger partial charge is 0.146 e. The van der Waals surface area contributed by atoms with Crippen LogP contribution in [0.4, 0.5) is 8.78 Å². The number of hydrogen-bond donors (Lipinski definition) is 1. The fourth-order valence-corrected chi connectivity index (χ4v) is 3.19. The summed E-state index contributed by atoms with van der Waals surface area (Å²) >= 11 is 3.06. The van der Waals surface area contributed by atoms with Gasteiger partial charge in [0.15, 0.2) is 0 Å². The molecule has 18 heavy (non-hydrogen) atoms. The van der Waals surface area contributed by atoms with Crippen LogP contribution in [0.3, 0.4) is 0 Å². The van der Waals surface area contributed by atoms with Crippen LogP contribution in [0.1, 0.15) is 45.1 Å². The van der Waals surface area contributed by atoms with Crippen LogP contribution in [0.25, 0.3) is 0 Å². The highest BCUT2D eigenvalue weighted by Gasteiger charge is 2.49. The van der Waals surface area contributed by atoms with E-state index in [1.807, 2.05) is 13.8 Å². The molecule has 1 saturated carbocycles. The second kappa shape index (κ2) is 4.57. The Labute approximate surface area is 114 Å². The standard InChI is InChI=1S/C14H17BrF2O/c1-13(2)7-3-4-8-14(13,18)11-10(16)6-5-9(15)12(11)17/h5-6,18H,3-4,7-8H2,1-2H3. The van der Waals surface area contributed by atoms with Gasteiger partial charge in [-0.05, 0) is 46.3 Å². The Morgan fingerprint density at radius 3 is 2.39 bits per heavy atom. The van der Waals surface area contributed by atoms with Gasteiger partial charge in [0, 0.05) is 0 Å². The summed E-state index contributed by atoms with van der Waals surface area (Å²) < 4.78 is 28.4. The van der Waals surface area contributed by atoms with Crippen LogP contribution in [0.2, 0.25) is 0 Å². The quantitative estimate of drug-likeness (QED) is 0.755. The molecular weight excluding hydrogens is 302 g/mol. The maximum Gasteiger partial charge on any atom is 0.146 e. The van der Waals surface area contributed by atoms with E-state index in [0.29, 0.717) is 6.42 Å². The van der Waals surface area contributed by atoms with Crippen LogP contribution in [0.5, 0.6) is 0 Å². The molecule has 1 fully saturated rings. The first-order valence-corrected chi connectivity index (χ1v) is 6.95. The number of rotatable bonds is 1. The van der Waals surface area contributed by atoms with Crippen molar-refractivity contribution in [2.24, 2.45) is 5.41 Å². The van der Waals surface area contributed by atoms with Gasteiger partial charge in [0.2, 0.25) is 0 Å². The average molecular weight is 319 g/mol. The summed E-state index contributed by atoms with van der Waals surface area (Å²) in [5.41, 5.74) is -2.17. The number of halogens is 3. The zero-order valence-corrected chi connectivity index (χ0v) is 12.2. The molecule has 0 bridgehead atoms. The van der Waals surface area contributed by atoms with Crippen molar-refractivity contribution < 1.29 is 13.9 Å². The summed E-state index contributed by atoms with van der Waals surface area (Å²) in [5, 5.41) is 10.9. The molecule has 1 aromatic rings. The summed E-state index contributed by atoms with van der Waals surface area (Å²) in [6.45, 7) is 3.73. The average Bonchev–Trinajstić information content (AvgIpc) is 2.28. The molecule has 1 aromatic carbocycles. The predicted octanol–water partition coefficient (Wildman–Crippen LogP) is 4.52. The normalized spacial score (nSPS) is 27.2. The summed E-state index contributed by atoms with van der Waals surface area (Å²) in [5.74, 6) is -1.36. The number of benzene rings is 1. The molecule has 0 radical (unpaired) electrons. The maximum atomic E-state index is 14.2. The van der Waals surface area contributed by atoms with Gasteiger partial charge in [0.1, 0.15) is 17.2 Å². The molecule has 1 nitrogen and oxygen atoms in total. The van der Waals surface area contributed by atoms with Crippen molar-refractivity contribution in [1.29, 1.82) is 0 Å². The number of hydrogen-bond acceptors (Lipinski definition) is 1. The van der Waals surface area contributed by atoms with E-state index in [1.165, 1.54) is 12.1 Å². The van der Waals surface area contributed by atoms with E-state index in [-0.39, 0.29) is 10.0 Å². The molecule has 4 heteroatoms. The van der Waals surface area contributed by atoms with Gasteiger partial charge >= 0.3 is 0 Å². The lowest BCUT2D eigenvalue weighted by Gasteiger charge is -2.47. The van der Waals surface area contributed by atoms with Crippen LogP contribution in [0.15, 0.2) is 16.6 Å². The van der Waals surface area contributed by atoms with Gasteiger partial charge in [-0.1, -0.05) is 26.7 Å². The second-order valence-corrected chi connectivity index (χ2v) is 6.52. The molecule has 0 aliphatic heterocycles. The number of aliphatic hydroxyl groups is 1. The fourth-order valence-electron chi connectivity index (χ4n) is 2.86. The Bertz CT molecular complexity index is 473. The molecule has 1 N–H and O–H groups in total. The molecule has 1 aliphatic rings. The van der Waals surface area contributed by atoms with Gasteiger partial charge in [-0.2, -0.15) is 0 Å². The Kier molecular flexibility index (Phi) is 3.54. The topological polar surface area (TPSA) is 20.2 Å². The van der Waals surface area contributed by atoms with Gasteiger partial charge in [0.05, 0.1) is 10.0 Å². The molecule has 0 amide bonds. The van der Waals surface area contributed by atoms with Crippen molar-refractivity contribution >= 4 is 15.9 Å². The molecule has 1 aliphatic carbocycles. The van der Waals surface area contributed by atoms with Crippen molar-refractivity contribution in [2.45, 2.75) is 45.1 Å². The molecule has 1 unspecified atom stereocenters. The SMILES string of the molecule is CC1(C)CCCCC1(O)c1c(F)ccc(Br)c1F.